The normalized spacial score (nSPS) is 18.6. The van der Waals surface area contributed by atoms with Gasteiger partial charge in [-0.15, -0.1) is 0 Å². The van der Waals surface area contributed by atoms with Gasteiger partial charge in [-0.25, -0.2) is 0 Å². The van der Waals surface area contributed by atoms with Crippen LogP contribution in [0.25, 0.3) is 0 Å². The molecule has 0 radical (unpaired) electrons. The summed E-state index contributed by atoms with van der Waals surface area (Å²) in [5.74, 6) is -0.844. The van der Waals surface area contributed by atoms with Crippen molar-refractivity contribution in [3.8, 4) is 0 Å². The summed E-state index contributed by atoms with van der Waals surface area (Å²) in [4.78, 5) is 22.5. The molecular formula is C13H15NO4. The van der Waals surface area contributed by atoms with Crippen molar-refractivity contribution in [2.75, 3.05) is 13.2 Å². The van der Waals surface area contributed by atoms with Crippen LogP contribution in [-0.4, -0.2) is 25.1 Å². The highest BCUT2D eigenvalue weighted by atomic mass is 16.5. The van der Waals surface area contributed by atoms with E-state index in [1.54, 1.807) is 24.3 Å². The molecule has 5 nitrogen and oxygen atoms in total. The van der Waals surface area contributed by atoms with Crippen LogP contribution in [0.1, 0.15) is 22.3 Å². The van der Waals surface area contributed by atoms with Crippen LogP contribution in [0.5, 0.6) is 0 Å². The van der Waals surface area contributed by atoms with E-state index in [-0.39, 0.29) is 18.5 Å². The number of hydrogen-bond acceptors (Lipinski definition) is 4. The maximum Gasteiger partial charge on any atom is 0.311 e. The molecule has 1 saturated heterocycles. The summed E-state index contributed by atoms with van der Waals surface area (Å²) in [6, 6.07) is 6.67. The number of rotatable bonds is 4. The zero-order chi connectivity index (χ0) is 13.0. The maximum atomic E-state index is 11.6. The molecule has 18 heavy (non-hydrogen) atoms. The molecule has 0 saturated carbocycles. The van der Waals surface area contributed by atoms with E-state index < -0.39 is 5.91 Å². The minimum atomic E-state index is -0.471. The molecule has 2 N–H and O–H groups in total. The van der Waals surface area contributed by atoms with E-state index in [1.165, 1.54) is 0 Å². The van der Waals surface area contributed by atoms with Crippen LogP contribution in [0.4, 0.5) is 0 Å². The van der Waals surface area contributed by atoms with Crippen molar-refractivity contribution in [2.45, 2.75) is 13.0 Å². The topological polar surface area (TPSA) is 78.6 Å². The summed E-state index contributed by atoms with van der Waals surface area (Å²) >= 11 is 0. The van der Waals surface area contributed by atoms with E-state index >= 15 is 0 Å². The lowest BCUT2D eigenvalue weighted by Crippen LogP contribution is -2.17. The molecule has 0 spiro atoms. The van der Waals surface area contributed by atoms with Gasteiger partial charge in [0.05, 0.1) is 12.5 Å². The highest BCUT2D eigenvalue weighted by Gasteiger charge is 2.24. The van der Waals surface area contributed by atoms with Gasteiger partial charge in [0, 0.05) is 12.2 Å². The second-order valence-corrected chi connectivity index (χ2v) is 4.23. The molecule has 1 aliphatic heterocycles. The quantitative estimate of drug-likeness (QED) is 0.803. The summed E-state index contributed by atoms with van der Waals surface area (Å²) in [6.07, 6.45) is 0.722. The number of benzene rings is 1. The largest absolute Gasteiger partial charge is 0.461 e. The van der Waals surface area contributed by atoms with Gasteiger partial charge in [-0.3, -0.25) is 9.59 Å². The smallest absolute Gasteiger partial charge is 0.311 e. The Morgan fingerprint density at radius 3 is 2.61 bits per heavy atom. The second-order valence-electron chi connectivity index (χ2n) is 4.23. The van der Waals surface area contributed by atoms with Gasteiger partial charge in [0.1, 0.15) is 6.61 Å². The first-order valence-electron chi connectivity index (χ1n) is 5.80. The van der Waals surface area contributed by atoms with E-state index in [9.17, 15) is 9.59 Å². The predicted octanol–water partition coefficient (Wildman–Crippen LogP) is 0.865. The van der Waals surface area contributed by atoms with Crippen molar-refractivity contribution in [1.82, 2.24) is 0 Å². The molecule has 1 amide bonds. The SMILES string of the molecule is NC(=O)c1ccc(COC(=O)[C@@H]2CCOC2)cc1. The molecule has 96 valence electrons. The number of hydrogen-bond donors (Lipinski definition) is 1. The number of primary amides is 1. The second kappa shape index (κ2) is 5.64. The van der Waals surface area contributed by atoms with Crippen LogP contribution in [0.3, 0.4) is 0 Å². The van der Waals surface area contributed by atoms with Crippen LogP contribution in [0.15, 0.2) is 24.3 Å². The zero-order valence-electron chi connectivity index (χ0n) is 9.93. The van der Waals surface area contributed by atoms with Gasteiger partial charge in [-0.2, -0.15) is 0 Å². The van der Waals surface area contributed by atoms with Gasteiger partial charge >= 0.3 is 5.97 Å². The molecule has 1 aliphatic rings. The molecule has 0 aliphatic carbocycles. The fourth-order valence-electron chi connectivity index (χ4n) is 1.76. The molecule has 0 unspecified atom stereocenters. The van der Waals surface area contributed by atoms with Gasteiger partial charge in [0.25, 0.3) is 0 Å². The molecular weight excluding hydrogens is 234 g/mol. The lowest BCUT2D eigenvalue weighted by molar-refractivity contribution is -0.149. The van der Waals surface area contributed by atoms with Gasteiger partial charge in [-0.1, -0.05) is 12.1 Å². The summed E-state index contributed by atoms with van der Waals surface area (Å²) in [6.45, 7) is 1.26. The first-order valence-corrected chi connectivity index (χ1v) is 5.80. The number of carbonyl (C=O) groups is 2. The van der Waals surface area contributed by atoms with Gasteiger partial charge < -0.3 is 15.2 Å². The molecule has 2 rings (SSSR count). The lowest BCUT2D eigenvalue weighted by atomic mass is 10.1. The molecule has 1 aromatic rings. The van der Waals surface area contributed by atoms with Gasteiger partial charge in [0.2, 0.25) is 5.91 Å². The van der Waals surface area contributed by atoms with E-state index in [2.05, 4.69) is 0 Å². The number of carbonyl (C=O) groups excluding carboxylic acids is 2. The molecule has 1 heterocycles. The lowest BCUT2D eigenvalue weighted by Gasteiger charge is -2.08. The van der Waals surface area contributed by atoms with Crippen LogP contribution in [0, 0.1) is 5.92 Å². The minimum absolute atomic E-state index is 0.144. The Bertz CT molecular complexity index is 435. The number of esters is 1. The first kappa shape index (κ1) is 12.6. The predicted molar refractivity (Wildman–Crippen MR) is 63.7 cm³/mol. The van der Waals surface area contributed by atoms with Crippen LogP contribution >= 0.6 is 0 Å². The fraction of sp³-hybridized carbons (Fsp3) is 0.385. The minimum Gasteiger partial charge on any atom is -0.461 e. The van der Waals surface area contributed by atoms with E-state index in [0.29, 0.717) is 18.8 Å². The van der Waals surface area contributed by atoms with Crippen molar-refractivity contribution in [1.29, 1.82) is 0 Å². The highest BCUT2D eigenvalue weighted by molar-refractivity contribution is 5.92. The van der Waals surface area contributed by atoms with Gasteiger partial charge in [-0.05, 0) is 24.1 Å². The Morgan fingerprint density at radius 1 is 1.33 bits per heavy atom. The summed E-state index contributed by atoms with van der Waals surface area (Å²) < 4.78 is 10.3. The number of nitrogens with two attached hydrogens (primary N) is 1. The molecule has 1 atom stereocenters. The van der Waals surface area contributed by atoms with Gasteiger partial charge in [0.15, 0.2) is 0 Å². The molecule has 0 bridgehead atoms. The van der Waals surface area contributed by atoms with Crippen molar-refractivity contribution in [3.05, 3.63) is 35.4 Å². The van der Waals surface area contributed by atoms with Crippen LogP contribution in [0.2, 0.25) is 0 Å². The standard InChI is InChI=1S/C13H15NO4/c14-12(15)10-3-1-9(2-4-10)7-18-13(16)11-5-6-17-8-11/h1-4,11H,5-8H2,(H2,14,15)/t11-/m1/s1. The Kier molecular flexibility index (Phi) is 3.94. The molecule has 1 aromatic carbocycles. The maximum absolute atomic E-state index is 11.6. The summed E-state index contributed by atoms with van der Waals surface area (Å²) in [7, 11) is 0. The number of ether oxygens (including phenoxy) is 2. The Labute approximate surface area is 105 Å². The average molecular weight is 249 g/mol. The molecule has 5 heteroatoms. The third-order valence-corrected chi connectivity index (χ3v) is 2.88. The van der Waals surface area contributed by atoms with E-state index in [1.807, 2.05) is 0 Å². The third kappa shape index (κ3) is 3.07. The highest BCUT2D eigenvalue weighted by Crippen LogP contribution is 2.15. The van der Waals surface area contributed by atoms with Crippen molar-refractivity contribution in [3.63, 3.8) is 0 Å². The Morgan fingerprint density at radius 2 is 2.06 bits per heavy atom. The molecule has 1 fully saturated rings. The van der Waals surface area contributed by atoms with Crippen molar-refractivity contribution in [2.24, 2.45) is 11.7 Å². The van der Waals surface area contributed by atoms with Crippen molar-refractivity contribution < 1.29 is 19.1 Å². The Balaban J connectivity index is 1.86. The van der Waals surface area contributed by atoms with Crippen LogP contribution in [-0.2, 0) is 20.9 Å². The number of amides is 1. The first-order chi connectivity index (χ1) is 8.66. The third-order valence-electron chi connectivity index (χ3n) is 2.88. The van der Waals surface area contributed by atoms with Crippen LogP contribution < -0.4 is 5.73 Å². The summed E-state index contributed by atoms with van der Waals surface area (Å²) in [5, 5.41) is 0. The summed E-state index contributed by atoms with van der Waals surface area (Å²) in [5.41, 5.74) is 6.40. The van der Waals surface area contributed by atoms with Crippen molar-refractivity contribution >= 4 is 11.9 Å². The monoisotopic (exact) mass is 249 g/mol. The Hall–Kier alpha value is -1.88. The van der Waals surface area contributed by atoms with E-state index in [4.69, 9.17) is 15.2 Å². The molecule has 0 aromatic heterocycles. The zero-order valence-corrected chi connectivity index (χ0v) is 9.93. The van der Waals surface area contributed by atoms with E-state index in [0.717, 1.165) is 12.0 Å². The fourth-order valence-corrected chi connectivity index (χ4v) is 1.76. The average Bonchev–Trinajstić information content (AvgIpc) is 2.90.